The maximum Gasteiger partial charge on any atom is 0.319 e. The smallest absolute Gasteiger partial charge is 0.319 e. The highest BCUT2D eigenvalue weighted by atomic mass is 16.5. The summed E-state index contributed by atoms with van der Waals surface area (Å²) in [7, 11) is 2.04. The number of aliphatic hydroxyl groups is 1. The van der Waals surface area contributed by atoms with Gasteiger partial charge in [-0.1, -0.05) is 43.3 Å². The second-order valence-corrected chi connectivity index (χ2v) is 9.74. The zero-order valence-corrected chi connectivity index (χ0v) is 21.3. The number of ether oxygens (including phenoxy) is 1. The van der Waals surface area contributed by atoms with E-state index in [-0.39, 0.29) is 42.7 Å². The molecule has 190 valence electrons. The van der Waals surface area contributed by atoms with Crippen LogP contribution in [0, 0.1) is 5.92 Å². The third kappa shape index (κ3) is 6.96. The van der Waals surface area contributed by atoms with E-state index in [4.69, 9.17) is 4.74 Å². The maximum atomic E-state index is 13.5. The number of anilines is 1. The topological polar surface area (TPSA) is 94.1 Å². The highest BCUT2D eigenvalue weighted by Gasteiger charge is 2.34. The average molecular weight is 483 g/mol. The molecule has 0 aliphatic carbocycles. The van der Waals surface area contributed by atoms with Crippen LogP contribution in [0.2, 0.25) is 0 Å². The number of carbonyl (C=O) groups excluding carboxylic acids is 2. The van der Waals surface area contributed by atoms with E-state index in [1.54, 1.807) is 23.1 Å². The summed E-state index contributed by atoms with van der Waals surface area (Å²) < 4.78 is 6.53. The molecule has 2 aromatic carbocycles. The second-order valence-electron chi connectivity index (χ2n) is 9.74. The van der Waals surface area contributed by atoms with Gasteiger partial charge in [0.05, 0.1) is 23.9 Å². The van der Waals surface area contributed by atoms with Crippen LogP contribution in [0.15, 0.2) is 48.5 Å². The number of fused-ring (bicyclic) bond motifs is 1. The summed E-state index contributed by atoms with van der Waals surface area (Å²) >= 11 is 0. The van der Waals surface area contributed by atoms with Crippen molar-refractivity contribution in [1.82, 2.24) is 15.1 Å². The number of amides is 3. The number of rotatable bonds is 8. The molecule has 0 bridgehead atoms. The van der Waals surface area contributed by atoms with Crippen molar-refractivity contribution >= 4 is 17.6 Å². The van der Waals surface area contributed by atoms with Gasteiger partial charge in [-0.3, -0.25) is 9.69 Å². The molecule has 0 saturated carbocycles. The summed E-state index contributed by atoms with van der Waals surface area (Å²) in [6.07, 6.45) is -0.250. The molecule has 3 amide bonds. The molecule has 8 nitrogen and oxygen atoms in total. The summed E-state index contributed by atoms with van der Waals surface area (Å²) in [5, 5.41) is 15.5. The SMILES string of the molecule is CC(C)NC(=O)Nc1cccc2c1O[C@H](CN(C)Cc1ccccc1)[C@@H](C)CN([C@H](C)CO)C2=O. The highest BCUT2D eigenvalue weighted by Crippen LogP contribution is 2.35. The Balaban J connectivity index is 1.94. The molecule has 35 heavy (non-hydrogen) atoms. The van der Waals surface area contributed by atoms with E-state index in [1.165, 1.54) is 5.56 Å². The Bertz CT molecular complexity index is 998. The Kier molecular flexibility index (Phi) is 9.12. The van der Waals surface area contributed by atoms with Crippen LogP contribution < -0.4 is 15.4 Å². The van der Waals surface area contributed by atoms with Gasteiger partial charge in [-0.15, -0.1) is 0 Å². The largest absolute Gasteiger partial charge is 0.486 e. The van der Waals surface area contributed by atoms with Gasteiger partial charge in [0, 0.05) is 31.6 Å². The zero-order chi connectivity index (χ0) is 25.5. The molecule has 2 aromatic rings. The fourth-order valence-corrected chi connectivity index (χ4v) is 4.25. The van der Waals surface area contributed by atoms with Crippen molar-refractivity contribution in [1.29, 1.82) is 0 Å². The van der Waals surface area contributed by atoms with Crippen molar-refractivity contribution in [3.8, 4) is 5.75 Å². The van der Waals surface area contributed by atoms with E-state index in [0.29, 0.717) is 30.1 Å². The number of hydrogen-bond acceptors (Lipinski definition) is 5. The molecule has 0 aromatic heterocycles. The number of likely N-dealkylation sites (N-methyl/N-ethyl adjacent to an activating group) is 1. The van der Waals surface area contributed by atoms with Gasteiger partial charge in [0.2, 0.25) is 0 Å². The number of urea groups is 1. The van der Waals surface area contributed by atoms with E-state index < -0.39 is 0 Å². The quantitative estimate of drug-likeness (QED) is 0.535. The first-order valence-corrected chi connectivity index (χ1v) is 12.2. The van der Waals surface area contributed by atoms with Gasteiger partial charge in [-0.2, -0.15) is 0 Å². The van der Waals surface area contributed by atoms with E-state index in [0.717, 1.165) is 6.54 Å². The minimum Gasteiger partial charge on any atom is -0.486 e. The molecule has 0 unspecified atom stereocenters. The lowest BCUT2D eigenvalue weighted by atomic mass is 9.99. The number of hydrogen-bond donors (Lipinski definition) is 3. The predicted octanol–water partition coefficient (Wildman–Crippen LogP) is 3.57. The lowest BCUT2D eigenvalue weighted by Crippen LogP contribution is -2.49. The average Bonchev–Trinajstić information content (AvgIpc) is 2.81. The highest BCUT2D eigenvalue weighted by molar-refractivity contribution is 6.01. The van der Waals surface area contributed by atoms with Gasteiger partial charge >= 0.3 is 6.03 Å². The zero-order valence-electron chi connectivity index (χ0n) is 21.3. The Hall–Kier alpha value is -3.10. The molecule has 1 aliphatic rings. The molecule has 1 heterocycles. The van der Waals surface area contributed by atoms with Gasteiger partial charge < -0.3 is 25.4 Å². The number of nitrogens with zero attached hydrogens (tertiary/aromatic N) is 2. The summed E-state index contributed by atoms with van der Waals surface area (Å²) in [6, 6.07) is 14.7. The number of benzene rings is 2. The van der Waals surface area contributed by atoms with Gasteiger partial charge in [0.1, 0.15) is 6.10 Å². The third-order valence-electron chi connectivity index (χ3n) is 6.15. The van der Waals surface area contributed by atoms with Gasteiger partial charge in [-0.05, 0) is 45.5 Å². The van der Waals surface area contributed by atoms with Crippen LogP contribution in [-0.4, -0.2) is 71.8 Å². The van der Waals surface area contributed by atoms with E-state index in [9.17, 15) is 14.7 Å². The predicted molar refractivity (Wildman–Crippen MR) is 138 cm³/mol. The monoisotopic (exact) mass is 482 g/mol. The molecule has 3 rings (SSSR count). The van der Waals surface area contributed by atoms with Gasteiger partial charge in [0.15, 0.2) is 5.75 Å². The summed E-state index contributed by atoms with van der Waals surface area (Å²) in [5.41, 5.74) is 2.01. The molecule has 0 spiro atoms. The molecular weight excluding hydrogens is 444 g/mol. The number of carbonyl (C=O) groups is 2. The minimum atomic E-state index is -0.363. The van der Waals surface area contributed by atoms with Crippen LogP contribution in [0.5, 0.6) is 5.75 Å². The van der Waals surface area contributed by atoms with E-state index in [2.05, 4.69) is 34.6 Å². The molecule has 0 saturated heterocycles. The third-order valence-corrected chi connectivity index (χ3v) is 6.15. The Morgan fingerprint density at radius 2 is 1.89 bits per heavy atom. The fraction of sp³-hybridized carbons (Fsp3) is 0.481. The number of para-hydroxylation sites is 1. The minimum absolute atomic E-state index is 0.0168. The first kappa shape index (κ1) is 26.5. The van der Waals surface area contributed by atoms with E-state index >= 15 is 0 Å². The molecular formula is C27H38N4O4. The van der Waals surface area contributed by atoms with Crippen molar-refractivity contribution < 1.29 is 19.4 Å². The lowest BCUT2D eigenvalue weighted by Gasteiger charge is -2.38. The fourth-order valence-electron chi connectivity index (χ4n) is 4.25. The molecule has 0 fully saturated rings. The molecule has 8 heteroatoms. The Morgan fingerprint density at radius 3 is 2.54 bits per heavy atom. The standard InChI is InChI=1S/C27H38N4O4/c1-18(2)28-27(34)29-23-13-9-12-22-25(23)35-24(16-30(5)15-21-10-7-6-8-11-21)19(3)14-31(26(22)33)20(4)17-32/h6-13,18-20,24,32H,14-17H2,1-5H3,(H2,28,29,34)/t19-,20+,24+/m0/s1. The van der Waals surface area contributed by atoms with Crippen LogP contribution >= 0.6 is 0 Å². The Morgan fingerprint density at radius 1 is 1.17 bits per heavy atom. The summed E-state index contributed by atoms with van der Waals surface area (Å²) in [4.78, 5) is 29.9. The first-order chi connectivity index (χ1) is 16.7. The number of aliphatic hydroxyl groups excluding tert-OH is 1. The van der Waals surface area contributed by atoms with Crippen LogP contribution in [-0.2, 0) is 6.54 Å². The molecule has 3 atom stereocenters. The summed E-state index contributed by atoms with van der Waals surface area (Å²) in [5.74, 6) is 0.116. The van der Waals surface area contributed by atoms with Crippen LogP contribution in [0.1, 0.15) is 43.6 Å². The van der Waals surface area contributed by atoms with Crippen LogP contribution in [0.3, 0.4) is 0 Å². The van der Waals surface area contributed by atoms with Gasteiger partial charge in [0.25, 0.3) is 5.91 Å². The van der Waals surface area contributed by atoms with Crippen molar-refractivity contribution in [2.24, 2.45) is 5.92 Å². The van der Waals surface area contributed by atoms with Crippen LogP contribution in [0.25, 0.3) is 0 Å². The second kappa shape index (κ2) is 12.0. The lowest BCUT2D eigenvalue weighted by molar-refractivity contribution is 0.0343. The normalized spacial score (nSPS) is 19.0. The van der Waals surface area contributed by atoms with Crippen molar-refractivity contribution in [3.05, 3.63) is 59.7 Å². The maximum absolute atomic E-state index is 13.5. The summed E-state index contributed by atoms with van der Waals surface area (Å²) in [6.45, 7) is 9.34. The molecule has 1 aliphatic heterocycles. The Labute approximate surface area is 208 Å². The van der Waals surface area contributed by atoms with Crippen molar-refractivity contribution in [2.45, 2.75) is 52.4 Å². The van der Waals surface area contributed by atoms with Crippen molar-refractivity contribution in [2.75, 3.05) is 32.1 Å². The molecule has 0 radical (unpaired) electrons. The van der Waals surface area contributed by atoms with E-state index in [1.807, 2.05) is 46.0 Å². The molecule has 3 N–H and O–H groups in total. The van der Waals surface area contributed by atoms with Crippen LogP contribution in [0.4, 0.5) is 10.5 Å². The number of nitrogens with one attached hydrogen (secondary N) is 2. The first-order valence-electron chi connectivity index (χ1n) is 12.2. The van der Waals surface area contributed by atoms with Crippen molar-refractivity contribution in [3.63, 3.8) is 0 Å². The van der Waals surface area contributed by atoms with Gasteiger partial charge in [-0.25, -0.2) is 4.79 Å².